The van der Waals surface area contributed by atoms with Gasteiger partial charge in [0.15, 0.2) is 5.69 Å². The van der Waals surface area contributed by atoms with Crippen molar-refractivity contribution in [2.75, 3.05) is 11.9 Å². The molecule has 2 aromatic heterocycles. The van der Waals surface area contributed by atoms with Crippen LogP contribution in [0.2, 0.25) is 0 Å². The van der Waals surface area contributed by atoms with E-state index < -0.39 is 0 Å². The molecule has 4 fully saturated rings. The number of hydrogen-bond acceptors (Lipinski definition) is 6. The average Bonchev–Trinajstić information content (AvgIpc) is 3.27. The number of aromatic nitrogens is 4. The predicted molar refractivity (Wildman–Crippen MR) is 102 cm³/mol. The van der Waals surface area contributed by atoms with Crippen LogP contribution in [0.15, 0.2) is 0 Å². The van der Waals surface area contributed by atoms with Crippen molar-refractivity contribution in [1.82, 2.24) is 25.7 Å². The molecule has 27 heavy (non-hydrogen) atoms. The number of hydrogen-bond donors (Lipinski definition) is 3. The minimum atomic E-state index is -0.190. The quantitative estimate of drug-likeness (QED) is 0.756. The number of aromatic amines is 1. The fourth-order valence-electron chi connectivity index (χ4n) is 6.43. The van der Waals surface area contributed by atoms with Crippen molar-refractivity contribution in [3.05, 3.63) is 22.0 Å². The molecule has 0 saturated heterocycles. The molecule has 0 unspecified atom stereocenters. The maximum Gasteiger partial charge on any atom is 0.278 e. The lowest BCUT2D eigenvalue weighted by atomic mass is 9.50. The molecular weight excluding hydrogens is 360 g/mol. The molecule has 8 heteroatoms. The molecule has 1 aliphatic heterocycles. The Labute approximate surface area is 161 Å². The van der Waals surface area contributed by atoms with E-state index in [2.05, 4.69) is 31.0 Å². The highest BCUT2D eigenvalue weighted by Crippen LogP contribution is 2.61. The highest BCUT2D eigenvalue weighted by Gasteiger charge is 2.53. The zero-order valence-corrected chi connectivity index (χ0v) is 16.1. The van der Waals surface area contributed by atoms with Crippen molar-refractivity contribution in [3.8, 4) is 0 Å². The average molecular weight is 385 g/mol. The number of H-pyrrole nitrogens is 1. The molecular formula is C19H24N6OS. The van der Waals surface area contributed by atoms with Gasteiger partial charge in [-0.15, -0.1) is 10.2 Å². The topological polar surface area (TPSA) is 95.6 Å². The second-order valence-electron chi connectivity index (χ2n) is 9.02. The molecule has 3 N–H and O–H groups in total. The van der Waals surface area contributed by atoms with Gasteiger partial charge in [-0.2, -0.15) is 5.10 Å². The van der Waals surface area contributed by atoms with Crippen LogP contribution in [0.4, 0.5) is 5.13 Å². The molecule has 142 valence electrons. The van der Waals surface area contributed by atoms with Crippen LogP contribution >= 0.6 is 11.3 Å². The van der Waals surface area contributed by atoms with Crippen molar-refractivity contribution in [2.45, 2.75) is 56.9 Å². The number of rotatable bonds is 3. The first-order valence-corrected chi connectivity index (χ1v) is 10.9. The highest BCUT2D eigenvalue weighted by molar-refractivity contribution is 7.15. The minimum Gasteiger partial charge on any atom is -0.312 e. The lowest BCUT2D eigenvalue weighted by Gasteiger charge is -2.55. The third-order valence-electron chi connectivity index (χ3n) is 7.16. The third-order valence-corrected chi connectivity index (χ3v) is 8.24. The zero-order valence-electron chi connectivity index (χ0n) is 15.3. The van der Waals surface area contributed by atoms with Gasteiger partial charge in [-0.05, 0) is 56.3 Å². The van der Waals surface area contributed by atoms with Gasteiger partial charge in [-0.25, -0.2) is 0 Å². The van der Waals surface area contributed by atoms with Crippen LogP contribution < -0.4 is 10.6 Å². The summed E-state index contributed by atoms with van der Waals surface area (Å²) in [5.41, 5.74) is 2.74. The maximum atomic E-state index is 12.7. The monoisotopic (exact) mass is 384 g/mol. The largest absolute Gasteiger partial charge is 0.312 e. The Balaban J connectivity index is 1.23. The van der Waals surface area contributed by atoms with E-state index in [1.807, 2.05) is 0 Å². The number of carbonyl (C=O) groups is 1. The number of carbonyl (C=O) groups excluding carboxylic acids is 1. The summed E-state index contributed by atoms with van der Waals surface area (Å²) < 4.78 is 0. The molecule has 4 bridgehead atoms. The van der Waals surface area contributed by atoms with Gasteiger partial charge in [-0.3, -0.25) is 15.2 Å². The Morgan fingerprint density at radius 2 is 1.85 bits per heavy atom. The fraction of sp³-hybridized carbons (Fsp3) is 0.684. The SMILES string of the molecule is O=C(Nc1nnc(C23CC4CC(CC(C4)C2)C3)s1)c1n[nH]c2c1CNCC2. The lowest BCUT2D eigenvalue weighted by Crippen LogP contribution is -2.48. The van der Waals surface area contributed by atoms with Crippen LogP contribution in [0.3, 0.4) is 0 Å². The van der Waals surface area contributed by atoms with Crippen molar-refractivity contribution in [1.29, 1.82) is 0 Å². The van der Waals surface area contributed by atoms with Gasteiger partial charge in [0.2, 0.25) is 5.13 Å². The van der Waals surface area contributed by atoms with Gasteiger partial charge >= 0.3 is 0 Å². The summed E-state index contributed by atoms with van der Waals surface area (Å²) in [5.74, 6) is 2.44. The number of amides is 1. The summed E-state index contributed by atoms with van der Waals surface area (Å²) >= 11 is 1.58. The molecule has 7 nitrogen and oxygen atoms in total. The van der Waals surface area contributed by atoms with E-state index in [4.69, 9.17) is 0 Å². The van der Waals surface area contributed by atoms with E-state index in [9.17, 15) is 4.79 Å². The van der Waals surface area contributed by atoms with Gasteiger partial charge in [-0.1, -0.05) is 11.3 Å². The molecule has 4 saturated carbocycles. The Bertz CT molecular complexity index is 867. The van der Waals surface area contributed by atoms with Crippen molar-refractivity contribution < 1.29 is 4.79 Å². The fourth-order valence-corrected chi connectivity index (χ4v) is 7.39. The van der Waals surface area contributed by atoms with E-state index in [1.54, 1.807) is 11.3 Å². The number of anilines is 1. The summed E-state index contributed by atoms with van der Waals surface area (Å²) in [6, 6.07) is 0. The van der Waals surface area contributed by atoms with Gasteiger partial charge < -0.3 is 5.32 Å². The Hall–Kier alpha value is -1.80. The van der Waals surface area contributed by atoms with E-state index in [-0.39, 0.29) is 11.3 Å². The van der Waals surface area contributed by atoms with Crippen molar-refractivity contribution >= 4 is 22.4 Å². The second-order valence-corrected chi connectivity index (χ2v) is 10.00. The zero-order chi connectivity index (χ0) is 18.0. The summed E-state index contributed by atoms with van der Waals surface area (Å²) in [5, 5.41) is 24.1. The smallest absolute Gasteiger partial charge is 0.278 e. The van der Waals surface area contributed by atoms with Crippen LogP contribution in [0.25, 0.3) is 0 Å². The van der Waals surface area contributed by atoms with Crippen LogP contribution in [0.1, 0.15) is 65.3 Å². The summed E-state index contributed by atoms with van der Waals surface area (Å²) in [4.78, 5) is 12.7. The van der Waals surface area contributed by atoms with Crippen LogP contribution in [-0.2, 0) is 18.4 Å². The standard InChI is InChI=1S/C19H24N6OS/c26-16(15-13-9-20-2-1-14(13)22-23-15)21-18-25-24-17(27-18)19-6-10-3-11(7-19)5-12(4-10)8-19/h10-12,20H,1-9H2,(H,22,23)(H,21,25,26). The van der Waals surface area contributed by atoms with E-state index in [1.165, 1.54) is 38.5 Å². The lowest BCUT2D eigenvalue weighted by molar-refractivity contribution is -0.00555. The molecule has 4 aliphatic carbocycles. The van der Waals surface area contributed by atoms with E-state index in [0.717, 1.165) is 47.0 Å². The van der Waals surface area contributed by atoms with Crippen molar-refractivity contribution in [2.24, 2.45) is 17.8 Å². The summed E-state index contributed by atoms with van der Waals surface area (Å²) in [6.07, 6.45) is 8.92. The van der Waals surface area contributed by atoms with Gasteiger partial charge in [0.25, 0.3) is 5.91 Å². The van der Waals surface area contributed by atoms with E-state index >= 15 is 0 Å². The highest BCUT2D eigenvalue weighted by atomic mass is 32.1. The van der Waals surface area contributed by atoms with Gasteiger partial charge in [0.05, 0.1) is 0 Å². The summed E-state index contributed by atoms with van der Waals surface area (Å²) in [6.45, 7) is 1.60. The summed E-state index contributed by atoms with van der Waals surface area (Å²) in [7, 11) is 0. The molecule has 7 rings (SSSR count). The number of nitrogens with zero attached hydrogens (tertiary/aromatic N) is 3. The predicted octanol–water partition coefficient (Wildman–Crippen LogP) is 2.63. The van der Waals surface area contributed by atoms with Gasteiger partial charge in [0, 0.05) is 36.2 Å². The van der Waals surface area contributed by atoms with Crippen molar-refractivity contribution in [3.63, 3.8) is 0 Å². The van der Waals surface area contributed by atoms with Crippen LogP contribution in [-0.4, -0.2) is 32.8 Å². The first-order valence-electron chi connectivity index (χ1n) is 10.1. The second kappa shape index (κ2) is 5.85. The van der Waals surface area contributed by atoms with Crippen LogP contribution in [0.5, 0.6) is 0 Å². The number of fused-ring (bicyclic) bond motifs is 1. The first-order chi connectivity index (χ1) is 13.2. The molecule has 0 radical (unpaired) electrons. The van der Waals surface area contributed by atoms with E-state index in [0.29, 0.717) is 17.4 Å². The Kier molecular flexibility index (Phi) is 3.50. The maximum absolute atomic E-state index is 12.7. The molecule has 3 heterocycles. The first kappa shape index (κ1) is 16.2. The number of nitrogens with one attached hydrogen (secondary N) is 3. The molecule has 0 aromatic carbocycles. The molecule has 1 amide bonds. The molecule has 0 spiro atoms. The van der Waals surface area contributed by atoms with Gasteiger partial charge in [0.1, 0.15) is 5.01 Å². The normalized spacial score (nSPS) is 33.9. The van der Waals surface area contributed by atoms with Crippen LogP contribution in [0, 0.1) is 17.8 Å². The Morgan fingerprint density at radius 3 is 2.59 bits per heavy atom. The Morgan fingerprint density at radius 1 is 1.11 bits per heavy atom. The molecule has 0 atom stereocenters. The molecule has 2 aromatic rings. The molecule has 5 aliphatic rings. The minimum absolute atomic E-state index is 0.190. The third kappa shape index (κ3) is 2.56.